The minimum Gasteiger partial charge on any atom is -0.393 e. The number of aliphatic hydroxyl groups excluding tert-OH is 40. The molecule has 0 saturated carbocycles. The van der Waals surface area contributed by atoms with E-state index in [0.29, 0.717) is 6.42 Å². The molecule has 0 amide bonds. The predicted molar refractivity (Wildman–Crippen MR) is 436 cm³/mol. The first kappa shape index (κ1) is 120. The Morgan fingerprint density at radius 1 is 0.0902 bits per heavy atom. The average Bonchev–Trinajstić information content (AvgIpc) is 0.930. The Morgan fingerprint density at radius 2 is 0.139 bits per heavy atom. The summed E-state index contributed by atoms with van der Waals surface area (Å²) >= 11 is 0. The Morgan fingerprint density at radius 3 is 0.189 bits per heavy atom. The van der Waals surface area contributed by atoms with Crippen molar-refractivity contribution in [2.24, 2.45) is 0 Å². The molecule has 0 heterocycles. The van der Waals surface area contributed by atoms with Gasteiger partial charge in [0.25, 0.3) is 0 Å². The predicted octanol–water partition coefficient (Wildman–Crippen LogP) is -8.93. The van der Waals surface area contributed by atoms with Crippen molar-refractivity contribution in [3.63, 3.8) is 0 Å². The Balaban J connectivity index is 4.56. The average molecular weight is 1790 g/mol. The SMILES string of the molecule is CCC(O)CC(O)CC(O)CC(O)CC(O)CC(O)CC(O)CC(O)CC(O)CC(O)CC(O)CC(O)CC(O)CC(O)CC(O)CC(O)CC(O)CC(O)CC(O)CC(O)CC(O)CC(O)CC(O)CC(O)CC(O)CC(O)CC(O)CC(O)CC(O)CC(O)CC(O)CC(O)CC(O)CC(O)CC(O)CC(O)CC(O)CC(O)CC(O)CC(C)O. The Labute approximate surface area is 716 Å². The second-order valence-electron chi connectivity index (χ2n) is 35.9. The van der Waals surface area contributed by atoms with Crippen molar-refractivity contribution in [2.45, 2.75) is 515 Å². The van der Waals surface area contributed by atoms with Gasteiger partial charge in [0.2, 0.25) is 0 Å². The van der Waals surface area contributed by atoms with E-state index >= 15 is 0 Å². The van der Waals surface area contributed by atoms with Crippen molar-refractivity contribution >= 4 is 0 Å². The lowest BCUT2D eigenvalue weighted by atomic mass is 9.93. The monoisotopic (exact) mass is 1790 g/mol. The van der Waals surface area contributed by atoms with Gasteiger partial charge in [-0.15, -0.1) is 0 Å². The number of hydrogen-bond acceptors (Lipinski definition) is 40. The van der Waals surface area contributed by atoms with Crippen LogP contribution in [0.5, 0.6) is 0 Å². The van der Waals surface area contributed by atoms with Crippen LogP contribution in [0.4, 0.5) is 0 Å². The molecule has 0 bridgehead atoms. The fourth-order valence-corrected chi connectivity index (χ4v) is 16.2. The molecule has 734 valence electrons. The van der Waals surface area contributed by atoms with Gasteiger partial charge in [0.05, 0.1) is 244 Å². The van der Waals surface area contributed by atoms with Crippen LogP contribution in [-0.4, -0.2) is 448 Å². The zero-order valence-corrected chi connectivity index (χ0v) is 71.3. The van der Waals surface area contributed by atoms with Crippen molar-refractivity contribution in [1.29, 1.82) is 0 Å². The number of hydrogen-bond donors (Lipinski definition) is 40. The molecule has 40 heteroatoms. The molecular weight excluding hydrogens is 1620 g/mol. The van der Waals surface area contributed by atoms with Crippen LogP contribution in [0.1, 0.15) is 271 Å². The van der Waals surface area contributed by atoms with Gasteiger partial charge >= 0.3 is 0 Å². The molecule has 0 rings (SSSR count). The lowest BCUT2D eigenvalue weighted by Gasteiger charge is -2.25. The van der Waals surface area contributed by atoms with Gasteiger partial charge in [0.1, 0.15) is 0 Å². The van der Waals surface area contributed by atoms with E-state index < -0.39 is 244 Å². The highest BCUT2D eigenvalue weighted by Gasteiger charge is 2.33. The molecule has 40 nitrogen and oxygen atoms in total. The van der Waals surface area contributed by atoms with Crippen LogP contribution in [-0.2, 0) is 0 Å². The lowest BCUT2D eigenvalue weighted by Crippen LogP contribution is -2.32. The molecule has 0 aromatic rings. The summed E-state index contributed by atoms with van der Waals surface area (Å²) in [6, 6.07) is 0. The summed E-state index contributed by atoms with van der Waals surface area (Å²) in [5.74, 6) is 0. The van der Waals surface area contributed by atoms with Gasteiger partial charge in [-0.25, -0.2) is 0 Å². The first-order chi connectivity index (χ1) is 56.6. The summed E-state index contributed by atoms with van der Waals surface area (Å²) in [4.78, 5) is 0. The van der Waals surface area contributed by atoms with E-state index in [9.17, 15) is 204 Å². The van der Waals surface area contributed by atoms with E-state index in [-0.39, 0.29) is 250 Å². The van der Waals surface area contributed by atoms with Gasteiger partial charge in [-0.1, -0.05) is 6.92 Å². The molecule has 0 aliphatic rings. The molecule has 0 aliphatic heterocycles. The first-order valence-corrected chi connectivity index (χ1v) is 43.9. The van der Waals surface area contributed by atoms with Crippen molar-refractivity contribution in [3.05, 3.63) is 0 Å². The second kappa shape index (κ2) is 66.7. The van der Waals surface area contributed by atoms with Gasteiger partial charge in [-0.05, 0) is 264 Å². The van der Waals surface area contributed by atoms with Crippen LogP contribution in [0.3, 0.4) is 0 Å². The molecular formula is C82H166O40. The molecule has 0 aliphatic carbocycles. The molecule has 40 N–H and O–H groups in total. The summed E-state index contributed by atoms with van der Waals surface area (Å²) in [6.07, 6.45) is -61.5. The molecule has 40 unspecified atom stereocenters. The maximum atomic E-state index is 10.6. The summed E-state index contributed by atoms with van der Waals surface area (Å²) in [6.45, 7) is 3.21. The molecule has 0 saturated heterocycles. The largest absolute Gasteiger partial charge is 0.393 e. The molecule has 0 fully saturated rings. The Kier molecular flexibility index (Phi) is 65.8. The standard InChI is InChI=1S/C82H166O40/c1-3-44(84)5-46(86)7-48(88)9-50(90)11-52(92)13-54(94)15-56(96)17-58(98)19-60(100)21-62(102)23-64(104)25-66(106)27-68(108)29-70(110)31-72(112)33-74(114)35-76(116)37-78(118)39-80(120)41-82(122)42-81(121)40-79(119)38-77(117)36-75(115)34-73(113)32-71(111)30-69(109)28-67(107)26-65(105)24-63(103)22-61(101)20-59(99)18-57(97)16-55(95)14-53(93)12-51(91)10-49(89)8-47(87)6-45(85)4-43(2)83/h43-122H,3-42H2,1-2H3. The van der Waals surface area contributed by atoms with Crippen LogP contribution in [0.25, 0.3) is 0 Å². The quantitative estimate of drug-likeness (QED) is 0.0269. The summed E-state index contributed by atoms with van der Waals surface area (Å²) in [7, 11) is 0. The van der Waals surface area contributed by atoms with E-state index in [4.69, 9.17) is 0 Å². The second-order valence-corrected chi connectivity index (χ2v) is 35.9. The molecule has 0 aromatic heterocycles. The Bertz CT molecular complexity index is 2350. The fraction of sp³-hybridized carbons (Fsp3) is 1.00. The van der Waals surface area contributed by atoms with Crippen LogP contribution in [0.15, 0.2) is 0 Å². The highest BCUT2D eigenvalue weighted by Crippen LogP contribution is 2.27. The van der Waals surface area contributed by atoms with Crippen LogP contribution >= 0.6 is 0 Å². The maximum Gasteiger partial charge on any atom is 0.0589 e. The normalized spacial score (nSPS) is 22.7. The smallest absolute Gasteiger partial charge is 0.0589 e. The van der Waals surface area contributed by atoms with Gasteiger partial charge in [0.15, 0.2) is 0 Å². The third-order valence-corrected chi connectivity index (χ3v) is 21.8. The zero-order chi connectivity index (χ0) is 93.4. The maximum absolute atomic E-state index is 10.6. The highest BCUT2D eigenvalue weighted by atomic mass is 16.4. The van der Waals surface area contributed by atoms with E-state index in [1.807, 2.05) is 0 Å². The first-order valence-electron chi connectivity index (χ1n) is 43.9. The molecule has 0 radical (unpaired) electrons. The van der Waals surface area contributed by atoms with E-state index in [2.05, 4.69) is 0 Å². The minimum atomic E-state index is -1.36. The van der Waals surface area contributed by atoms with Gasteiger partial charge in [0, 0.05) is 0 Å². The van der Waals surface area contributed by atoms with Crippen LogP contribution in [0, 0.1) is 0 Å². The van der Waals surface area contributed by atoms with Crippen LogP contribution < -0.4 is 0 Å². The van der Waals surface area contributed by atoms with Gasteiger partial charge in [-0.3, -0.25) is 0 Å². The van der Waals surface area contributed by atoms with Crippen molar-refractivity contribution in [2.75, 3.05) is 0 Å². The summed E-state index contributed by atoms with van der Waals surface area (Å²) in [5, 5.41) is 416. The summed E-state index contributed by atoms with van der Waals surface area (Å²) in [5.41, 5.74) is 0. The van der Waals surface area contributed by atoms with Crippen molar-refractivity contribution in [1.82, 2.24) is 0 Å². The molecule has 122 heavy (non-hydrogen) atoms. The fourth-order valence-electron chi connectivity index (χ4n) is 16.2. The van der Waals surface area contributed by atoms with Gasteiger partial charge < -0.3 is 204 Å². The molecule has 0 aromatic carbocycles. The topological polar surface area (TPSA) is 809 Å². The van der Waals surface area contributed by atoms with Crippen LogP contribution in [0.2, 0.25) is 0 Å². The third kappa shape index (κ3) is 66.7. The van der Waals surface area contributed by atoms with E-state index in [1.54, 1.807) is 6.92 Å². The zero-order valence-electron chi connectivity index (χ0n) is 71.3. The number of rotatable bonds is 79. The molecule has 0 spiro atoms. The lowest BCUT2D eigenvalue weighted by molar-refractivity contribution is -0.0226. The van der Waals surface area contributed by atoms with Gasteiger partial charge in [-0.2, -0.15) is 0 Å². The van der Waals surface area contributed by atoms with E-state index in [0.717, 1.165) is 0 Å². The van der Waals surface area contributed by atoms with E-state index in [1.165, 1.54) is 6.92 Å². The molecule has 40 atom stereocenters. The van der Waals surface area contributed by atoms with Crippen molar-refractivity contribution in [3.8, 4) is 0 Å². The summed E-state index contributed by atoms with van der Waals surface area (Å²) < 4.78 is 0. The van der Waals surface area contributed by atoms with Crippen molar-refractivity contribution < 1.29 is 204 Å². The third-order valence-electron chi connectivity index (χ3n) is 21.8. The number of aliphatic hydroxyl groups is 40. The highest BCUT2D eigenvalue weighted by molar-refractivity contribution is 4.85. The minimum absolute atomic E-state index is 0.0300. The Hall–Kier alpha value is -1.60.